The monoisotopic (exact) mass is 188 g/mol. The minimum Gasteiger partial charge on any atom is -0.0815 e. The maximum absolute atomic E-state index is 2.31. The quantitative estimate of drug-likeness (QED) is 0.620. The van der Waals surface area contributed by atoms with Crippen LogP contribution in [0.3, 0.4) is 0 Å². The van der Waals surface area contributed by atoms with Crippen molar-refractivity contribution in [3.8, 4) is 0 Å². The van der Waals surface area contributed by atoms with Gasteiger partial charge < -0.3 is 0 Å². The summed E-state index contributed by atoms with van der Waals surface area (Å²) in [5, 5.41) is 0. The van der Waals surface area contributed by atoms with Gasteiger partial charge in [0, 0.05) is 0 Å². The van der Waals surface area contributed by atoms with Gasteiger partial charge in [0.1, 0.15) is 0 Å². The first kappa shape index (κ1) is 11.0. The van der Waals surface area contributed by atoms with Gasteiger partial charge in [-0.2, -0.15) is 0 Å². The van der Waals surface area contributed by atoms with Gasteiger partial charge >= 0.3 is 0 Å². The van der Waals surface area contributed by atoms with Crippen molar-refractivity contribution in [2.24, 2.45) is 0 Å². The molecule has 1 aromatic carbocycles. The molecule has 0 unspecified atom stereocenters. The van der Waals surface area contributed by atoms with Gasteiger partial charge in [0.2, 0.25) is 0 Å². The van der Waals surface area contributed by atoms with Gasteiger partial charge in [-0.05, 0) is 37.3 Å². The molecule has 0 aliphatic carbocycles. The minimum absolute atomic E-state index is 0.627. The summed E-state index contributed by atoms with van der Waals surface area (Å²) in [6, 6.07) is 8.87. The molecule has 76 valence electrons. The molecule has 0 nitrogen and oxygen atoms in total. The van der Waals surface area contributed by atoms with Crippen molar-refractivity contribution < 1.29 is 0 Å². The highest BCUT2D eigenvalue weighted by atomic mass is 14.0. The topological polar surface area (TPSA) is 0 Å². The van der Waals surface area contributed by atoms with E-state index in [2.05, 4.69) is 58.0 Å². The summed E-state index contributed by atoms with van der Waals surface area (Å²) < 4.78 is 0. The van der Waals surface area contributed by atoms with Crippen molar-refractivity contribution in [3.63, 3.8) is 0 Å². The van der Waals surface area contributed by atoms with Crippen LogP contribution in [0.1, 0.15) is 44.7 Å². The molecule has 0 atom stereocenters. The number of benzene rings is 1. The third-order valence-corrected chi connectivity index (χ3v) is 2.36. The Morgan fingerprint density at radius 3 is 2.57 bits per heavy atom. The first-order chi connectivity index (χ1) is 6.59. The molecule has 0 fully saturated rings. The van der Waals surface area contributed by atoms with Gasteiger partial charge in [0.05, 0.1) is 0 Å². The van der Waals surface area contributed by atoms with Crippen LogP contribution in [-0.4, -0.2) is 0 Å². The van der Waals surface area contributed by atoms with Crippen molar-refractivity contribution >= 4 is 0 Å². The lowest BCUT2D eigenvalue weighted by Gasteiger charge is -2.06. The fourth-order valence-electron chi connectivity index (χ4n) is 1.40. The van der Waals surface area contributed by atoms with E-state index in [1.807, 2.05) is 0 Å². The van der Waals surface area contributed by atoms with Crippen LogP contribution in [-0.2, 0) is 6.42 Å². The molecule has 0 radical (unpaired) electrons. The normalized spacial score (nSPS) is 10.4. The highest BCUT2D eigenvalue weighted by Crippen LogP contribution is 2.16. The zero-order chi connectivity index (χ0) is 10.6. The molecule has 0 aliphatic heterocycles. The first-order valence-corrected chi connectivity index (χ1v) is 5.32. The second-order valence-corrected chi connectivity index (χ2v) is 4.39. The Morgan fingerprint density at radius 1 is 1.29 bits per heavy atom. The summed E-state index contributed by atoms with van der Waals surface area (Å²) in [6.07, 6.45) is 3.34. The standard InChI is InChI=1S/C14H20/c1-11(2)8-9-13-6-5-7-14(10-13)12(3)4/h5-8,10,12H,9H2,1-4H3. The molecule has 0 aromatic heterocycles. The molecule has 0 N–H and O–H groups in total. The summed E-state index contributed by atoms with van der Waals surface area (Å²) >= 11 is 0. The summed E-state index contributed by atoms with van der Waals surface area (Å²) in [6.45, 7) is 8.76. The lowest BCUT2D eigenvalue weighted by Crippen LogP contribution is -1.89. The van der Waals surface area contributed by atoms with Crippen LogP contribution < -0.4 is 0 Å². The molecule has 0 bridgehead atoms. The maximum atomic E-state index is 2.31. The molecule has 1 aromatic rings. The predicted octanol–water partition coefficient (Wildman–Crippen LogP) is 4.32. The summed E-state index contributed by atoms with van der Waals surface area (Å²) in [5.74, 6) is 0.627. The molecule has 0 heterocycles. The predicted molar refractivity (Wildman–Crippen MR) is 63.7 cm³/mol. The largest absolute Gasteiger partial charge is 0.0815 e. The van der Waals surface area contributed by atoms with Crippen LogP contribution in [0.5, 0.6) is 0 Å². The average molecular weight is 188 g/mol. The van der Waals surface area contributed by atoms with Crippen LogP contribution in [0.15, 0.2) is 35.9 Å². The number of rotatable bonds is 3. The summed E-state index contributed by atoms with van der Waals surface area (Å²) in [5.41, 5.74) is 4.24. The highest BCUT2D eigenvalue weighted by Gasteiger charge is 1.98. The Balaban J connectivity index is 2.79. The van der Waals surface area contributed by atoms with Crippen molar-refractivity contribution in [3.05, 3.63) is 47.0 Å². The molecule has 0 amide bonds. The smallest absolute Gasteiger partial charge is 0.00949 e. The Morgan fingerprint density at radius 2 is 2.00 bits per heavy atom. The van der Waals surface area contributed by atoms with Gasteiger partial charge in [-0.15, -0.1) is 0 Å². The van der Waals surface area contributed by atoms with Crippen LogP contribution in [0.2, 0.25) is 0 Å². The van der Waals surface area contributed by atoms with E-state index in [1.165, 1.54) is 16.7 Å². The molecule has 0 saturated heterocycles. The molecule has 14 heavy (non-hydrogen) atoms. The van der Waals surface area contributed by atoms with E-state index in [-0.39, 0.29) is 0 Å². The van der Waals surface area contributed by atoms with E-state index in [1.54, 1.807) is 0 Å². The molecule has 0 saturated carbocycles. The van der Waals surface area contributed by atoms with Crippen LogP contribution in [0.25, 0.3) is 0 Å². The minimum atomic E-state index is 0.627. The van der Waals surface area contributed by atoms with E-state index in [4.69, 9.17) is 0 Å². The van der Waals surface area contributed by atoms with Gasteiger partial charge in [0.15, 0.2) is 0 Å². The van der Waals surface area contributed by atoms with E-state index < -0.39 is 0 Å². The maximum Gasteiger partial charge on any atom is -0.00949 e. The van der Waals surface area contributed by atoms with E-state index in [0.29, 0.717) is 5.92 Å². The number of hydrogen-bond acceptors (Lipinski definition) is 0. The van der Waals surface area contributed by atoms with Crippen molar-refractivity contribution in [1.82, 2.24) is 0 Å². The molecule has 0 heteroatoms. The average Bonchev–Trinajstić information content (AvgIpc) is 2.15. The first-order valence-electron chi connectivity index (χ1n) is 5.32. The fourth-order valence-corrected chi connectivity index (χ4v) is 1.40. The molecular formula is C14H20. The SMILES string of the molecule is CC(C)=CCc1cccc(C(C)C)c1. The second-order valence-electron chi connectivity index (χ2n) is 4.39. The Bertz CT molecular complexity index is 315. The number of hydrogen-bond donors (Lipinski definition) is 0. The lowest BCUT2D eigenvalue weighted by atomic mass is 9.99. The zero-order valence-corrected chi connectivity index (χ0v) is 9.67. The van der Waals surface area contributed by atoms with Crippen LogP contribution in [0.4, 0.5) is 0 Å². The van der Waals surface area contributed by atoms with E-state index in [0.717, 1.165) is 6.42 Å². The molecule has 1 rings (SSSR count). The summed E-state index contributed by atoms with van der Waals surface area (Å²) in [7, 11) is 0. The van der Waals surface area contributed by atoms with Gasteiger partial charge in [-0.1, -0.05) is 49.8 Å². The van der Waals surface area contributed by atoms with E-state index >= 15 is 0 Å². The van der Waals surface area contributed by atoms with Crippen LogP contribution in [0, 0.1) is 0 Å². The lowest BCUT2D eigenvalue weighted by molar-refractivity contribution is 0.863. The van der Waals surface area contributed by atoms with Crippen molar-refractivity contribution in [2.75, 3.05) is 0 Å². The highest BCUT2D eigenvalue weighted by molar-refractivity contribution is 5.27. The zero-order valence-electron chi connectivity index (χ0n) is 9.67. The number of allylic oxidation sites excluding steroid dienone is 2. The Labute approximate surface area is 87.7 Å². The van der Waals surface area contributed by atoms with Gasteiger partial charge in [0.25, 0.3) is 0 Å². The van der Waals surface area contributed by atoms with E-state index in [9.17, 15) is 0 Å². The fraction of sp³-hybridized carbons (Fsp3) is 0.429. The van der Waals surface area contributed by atoms with Crippen molar-refractivity contribution in [2.45, 2.75) is 40.0 Å². The Hall–Kier alpha value is -1.04. The molecule has 0 aliphatic rings. The summed E-state index contributed by atoms with van der Waals surface area (Å²) in [4.78, 5) is 0. The molecular weight excluding hydrogens is 168 g/mol. The van der Waals surface area contributed by atoms with Crippen LogP contribution >= 0.6 is 0 Å². The van der Waals surface area contributed by atoms with Gasteiger partial charge in [-0.3, -0.25) is 0 Å². The third-order valence-electron chi connectivity index (χ3n) is 2.36. The third kappa shape index (κ3) is 3.37. The molecule has 0 spiro atoms. The van der Waals surface area contributed by atoms with Gasteiger partial charge in [-0.25, -0.2) is 0 Å². The van der Waals surface area contributed by atoms with Crippen molar-refractivity contribution in [1.29, 1.82) is 0 Å². The second kappa shape index (κ2) is 4.99. The Kier molecular flexibility index (Phi) is 3.94.